The highest BCUT2D eigenvalue weighted by Gasteiger charge is 2.27. The van der Waals surface area contributed by atoms with Crippen LogP contribution in [0.4, 0.5) is 0 Å². The van der Waals surface area contributed by atoms with Crippen molar-refractivity contribution in [3.05, 3.63) is 42.0 Å². The van der Waals surface area contributed by atoms with Crippen LogP contribution in [0.5, 0.6) is 11.5 Å². The minimum absolute atomic E-state index is 0.0103. The smallest absolute Gasteiger partial charge is 0.257 e. The number of aromatic nitrogens is 2. The van der Waals surface area contributed by atoms with Crippen LogP contribution in [0.3, 0.4) is 0 Å². The SMILES string of the molecule is CCc1nccn1CC1CCN(C(=O)c2cccc(OC)c2OC)CC1. The Bertz CT molecular complexity index is 749. The van der Waals surface area contributed by atoms with Crippen molar-refractivity contribution in [1.29, 1.82) is 0 Å². The van der Waals surface area contributed by atoms with Crippen LogP contribution in [-0.2, 0) is 13.0 Å². The molecule has 6 heteroatoms. The molecule has 6 nitrogen and oxygen atoms in total. The third kappa shape index (κ3) is 3.69. The van der Waals surface area contributed by atoms with Gasteiger partial charge in [0.05, 0.1) is 19.8 Å². The normalized spacial score (nSPS) is 15.1. The van der Waals surface area contributed by atoms with Crippen molar-refractivity contribution in [3.63, 3.8) is 0 Å². The van der Waals surface area contributed by atoms with E-state index < -0.39 is 0 Å². The Kier molecular flexibility index (Phi) is 5.81. The number of amides is 1. The van der Waals surface area contributed by atoms with Gasteiger partial charge in [-0.3, -0.25) is 4.79 Å². The van der Waals surface area contributed by atoms with Gasteiger partial charge in [-0.1, -0.05) is 13.0 Å². The molecule has 2 heterocycles. The third-order valence-electron chi connectivity index (χ3n) is 5.11. The number of aryl methyl sites for hydroxylation is 1. The summed E-state index contributed by atoms with van der Waals surface area (Å²) in [6.45, 7) is 4.63. The minimum atomic E-state index is 0.0103. The molecule has 26 heavy (non-hydrogen) atoms. The molecule has 140 valence electrons. The molecule has 0 saturated carbocycles. The van der Waals surface area contributed by atoms with Gasteiger partial charge in [-0.15, -0.1) is 0 Å². The molecule has 1 aliphatic heterocycles. The van der Waals surface area contributed by atoms with E-state index in [0.717, 1.165) is 44.7 Å². The van der Waals surface area contributed by atoms with Crippen molar-refractivity contribution >= 4 is 5.91 Å². The van der Waals surface area contributed by atoms with Crippen LogP contribution in [0, 0.1) is 5.92 Å². The zero-order chi connectivity index (χ0) is 18.5. The van der Waals surface area contributed by atoms with Crippen molar-refractivity contribution in [1.82, 2.24) is 14.5 Å². The van der Waals surface area contributed by atoms with Gasteiger partial charge in [-0.2, -0.15) is 0 Å². The van der Waals surface area contributed by atoms with Crippen molar-refractivity contribution in [2.24, 2.45) is 5.92 Å². The summed E-state index contributed by atoms with van der Waals surface area (Å²) in [4.78, 5) is 19.3. The molecule has 0 spiro atoms. The second-order valence-electron chi connectivity index (χ2n) is 6.63. The molecule has 1 fully saturated rings. The number of piperidine rings is 1. The van der Waals surface area contributed by atoms with Gasteiger partial charge in [0.15, 0.2) is 11.5 Å². The molecule has 3 rings (SSSR count). The number of methoxy groups -OCH3 is 2. The van der Waals surface area contributed by atoms with Crippen molar-refractivity contribution in [2.45, 2.75) is 32.7 Å². The van der Waals surface area contributed by atoms with Gasteiger partial charge in [-0.25, -0.2) is 4.98 Å². The highest BCUT2D eigenvalue weighted by molar-refractivity contribution is 5.97. The number of imidazole rings is 1. The van der Waals surface area contributed by atoms with E-state index in [1.54, 1.807) is 26.4 Å². The molecule has 0 unspecified atom stereocenters. The first-order chi connectivity index (χ1) is 12.7. The van der Waals surface area contributed by atoms with E-state index in [4.69, 9.17) is 9.47 Å². The second-order valence-corrected chi connectivity index (χ2v) is 6.63. The topological polar surface area (TPSA) is 56.6 Å². The molecule has 2 aromatic rings. The van der Waals surface area contributed by atoms with Crippen molar-refractivity contribution < 1.29 is 14.3 Å². The third-order valence-corrected chi connectivity index (χ3v) is 5.11. The number of carbonyl (C=O) groups excluding carboxylic acids is 1. The summed E-state index contributed by atoms with van der Waals surface area (Å²) in [5.41, 5.74) is 0.563. The van der Waals surface area contributed by atoms with Crippen molar-refractivity contribution in [3.8, 4) is 11.5 Å². The number of nitrogens with zero attached hydrogens (tertiary/aromatic N) is 3. The Morgan fingerprint density at radius 2 is 2.00 bits per heavy atom. The maximum Gasteiger partial charge on any atom is 0.257 e. The van der Waals surface area contributed by atoms with Gasteiger partial charge in [0.2, 0.25) is 0 Å². The lowest BCUT2D eigenvalue weighted by Crippen LogP contribution is -2.39. The average Bonchev–Trinajstić information content (AvgIpc) is 3.14. The number of benzene rings is 1. The highest BCUT2D eigenvalue weighted by Crippen LogP contribution is 2.32. The fourth-order valence-corrected chi connectivity index (χ4v) is 3.64. The van der Waals surface area contributed by atoms with Gasteiger partial charge in [-0.05, 0) is 30.9 Å². The Labute approximate surface area is 154 Å². The van der Waals surface area contributed by atoms with Crippen LogP contribution < -0.4 is 9.47 Å². The largest absolute Gasteiger partial charge is 0.493 e. The molecule has 1 aliphatic rings. The predicted octanol–water partition coefficient (Wildman–Crippen LogP) is 3.02. The zero-order valence-corrected chi connectivity index (χ0v) is 15.8. The first-order valence-corrected chi connectivity index (χ1v) is 9.18. The summed E-state index contributed by atoms with van der Waals surface area (Å²) in [6, 6.07) is 5.43. The number of hydrogen-bond donors (Lipinski definition) is 0. The Hall–Kier alpha value is -2.50. The van der Waals surface area contributed by atoms with Crippen LogP contribution in [0.1, 0.15) is 35.9 Å². The molecule has 1 aromatic carbocycles. The number of likely N-dealkylation sites (tertiary alicyclic amines) is 1. The number of hydrogen-bond acceptors (Lipinski definition) is 4. The maximum atomic E-state index is 12.9. The molecular weight excluding hydrogens is 330 g/mol. The van der Waals surface area contributed by atoms with Crippen LogP contribution in [0.2, 0.25) is 0 Å². The molecule has 1 amide bonds. The molecule has 0 atom stereocenters. The lowest BCUT2D eigenvalue weighted by atomic mass is 9.96. The molecule has 1 saturated heterocycles. The minimum Gasteiger partial charge on any atom is -0.493 e. The van der Waals surface area contributed by atoms with Crippen LogP contribution in [-0.4, -0.2) is 47.7 Å². The van der Waals surface area contributed by atoms with E-state index in [1.165, 1.54) is 0 Å². The van der Waals surface area contributed by atoms with Gasteiger partial charge < -0.3 is 18.9 Å². The number of para-hydroxylation sites is 1. The van der Waals surface area contributed by atoms with E-state index in [-0.39, 0.29) is 5.91 Å². The number of carbonyl (C=O) groups is 1. The second kappa shape index (κ2) is 8.25. The van der Waals surface area contributed by atoms with E-state index in [9.17, 15) is 4.79 Å². The summed E-state index contributed by atoms with van der Waals surface area (Å²) in [6.07, 6.45) is 6.86. The highest BCUT2D eigenvalue weighted by atomic mass is 16.5. The Morgan fingerprint density at radius 1 is 1.23 bits per heavy atom. The number of rotatable bonds is 6. The van der Waals surface area contributed by atoms with E-state index in [2.05, 4.69) is 22.7 Å². The van der Waals surface area contributed by atoms with Crippen LogP contribution in [0.25, 0.3) is 0 Å². The first kappa shape index (κ1) is 18.3. The maximum absolute atomic E-state index is 12.9. The Morgan fingerprint density at radius 3 is 2.65 bits per heavy atom. The quantitative estimate of drug-likeness (QED) is 0.797. The average molecular weight is 357 g/mol. The zero-order valence-electron chi connectivity index (χ0n) is 15.8. The van der Waals surface area contributed by atoms with Gasteiger partial charge in [0, 0.05) is 38.4 Å². The van der Waals surface area contributed by atoms with E-state index in [1.807, 2.05) is 17.2 Å². The molecule has 0 radical (unpaired) electrons. The summed E-state index contributed by atoms with van der Waals surface area (Å²) < 4.78 is 13.0. The van der Waals surface area contributed by atoms with Gasteiger partial charge in [0.25, 0.3) is 5.91 Å². The van der Waals surface area contributed by atoms with Gasteiger partial charge >= 0.3 is 0 Å². The lowest BCUT2D eigenvalue weighted by molar-refractivity contribution is 0.0678. The van der Waals surface area contributed by atoms with E-state index in [0.29, 0.717) is 23.0 Å². The summed E-state index contributed by atoms with van der Waals surface area (Å²) >= 11 is 0. The fraction of sp³-hybridized carbons (Fsp3) is 0.500. The first-order valence-electron chi connectivity index (χ1n) is 9.18. The molecule has 0 aliphatic carbocycles. The number of ether oxygens (including phenoxy) is 2. The van der Waals surface area contributed by atoms with Crippen molar-refractivity contribution in [2.75, 3.05) is 27.3 Å². The lowest BCUT2D eigenvalue weighted by Gasteiger charge is -2.32. The standard InChI is InChI=1S/C20H27N3O3/c1-4-18-21-10-13-23(18)14-15-8-11-22(12-9-15)20(24)16-6-5-7-17(25-2)19(16)26-3/h5-7,10,13,15H,4,8-9,11-12,14H2,1-3H3. The van der Waals surface area contributed by atoms with Crippen LogP contribution >= 0.6 is 0 Å². The Balaban J connectivity index is 1.64. The van der Waals surface area contributed by atoms with Gasteiger partial charge in [0.1, 0.15) is 5.82 Å². The summed E-state index contributed by atoms with van der Waals surface area (Å²) in [7, 11) is 3.15. The van der Waals surface area contributed by atoms with Crippen LogP contribution in [0.15, 0.2) is 30.6 Å². The molecule has 0 bridgehead atoms. The molecule has 0 N–H and O–H groups in total. The summed E-state index contributed by atoms with van der Waals surface area (Å²) in [5.74, 6) is 2.81. The fourth-order valence-electron chi connectivity index (χ4n) is 3.64. The molecule has 1 aromatic heterocycles. The predicted molar refractivity (Wildman–Crippen MR) is 99.8 cm³/mol. The summed E-state index contributed by atoms with van der Waals surface area (Å²) in [5, 5.41) is 0. The molecular formula is C20H27N3O3. The van der Waals surface area contributed by atoms with E-state index >= 15 is 0 Å². The monoisotopic (exact) mass is 357 g/mol.